The summed E-state index contributed by atoms with van der Waals surface area (Å²) in [5, 5.41) is 2.58. The van der Waals surface area contributed by atoms with Gasteiger partial charge in [0.1, 0.15) is 6.54 Å². The molecule has 0 radical (unpaired) electrons. The Morgan fingerprint density at radius 1 is 1.08 bits per heavy atom. The second kappa shape index (κ2) is 6.95. The van der Waals surface area contributed by atoms with Crippen molar-refractivity contribution < 1.29 is 14.0 Å². The van der Waals surface area contributed by atoms with Crippen LogP contribution in [0.5, 0.6) is 0 Å². The predicted molar refractivity (Wildman–Crippen MR) is 87.5 cm³/mol. The van der Waals surface area contributed by atoms with Gasteiger partial charge < -0.3 is 4.90 Å². The van der Waals surface area contributed by atoms with Gasteiger partial charge in [-0.3, -0.25) is 9.32 Å². The van der Waals surface area contributed by atoms with E-state index in [4.69, 9.17) is 4.52 Å². The number of likely N-dealkylation sites (N-methyl/N-ethyl adjacent to an activating group) is 1. The third-order valence-electron chi connectivity index (χ3n) is 3.76. The van der Waals surface area contributed by atoms with Crippen LogP contribution in [-0.2, 0) is 17.8 Å². The lowest BCUT2D eigenvalue weighted by Gasteiger charge is -2.14. The highest BCUT2D eigenvalue weighted by atomic mass is 16.5. The average Bonchev–Trinajstić information content (AvgIpc) is 2.97. The number of H-pyrrole nitrogens is 1. The van der Waals surface area contributed by atoms with Gasteiger partial charge in [-0.05, 0) is 15.5 Å². The van der Waals surface area contributed by atoms with E-state index in [-0.39, 0.29) is 12.5 Å². The van der Waals surface area contributed by atoms with Crippen molar-refractivity contribution >= 4 is 5.91 Å². The fourth-order valence-corrected chi connectivity index (χ4v) is 2.43. The van der Waals surface area contributed by atoms with Gasteiger partial charge in [-0.2, -0.15) is 0 Å². The second-order valence-electron chi connectivity index (χ2n) is 5.51. The molecule has 1 N–H and O–H groups in total. The number of hydrogen-bond acceptors (Lipinski definition) is 3. The molecule has 1 amide bonds. The highest BCUT2D eigenvalue weighted by Crippen LogP contribution is 2.04. The van der Waals surface area contributed by atoms with E-state index >= 15 is 0 Å². The molecule has 1 heterocycles. The molecule has 0 aliphatic rings. The Bertz CT molecular complexity index is 869. The van der Waals surface area contributed by atoms with Crippen LogP contribution in [0.3, 0.4) is 0 Å². The maximum Gasteiger partial charge on any atom is 0.432 e. The maximum atomic E-state index is 12.4. The number of benzene rings is 2. The van der Waals surface area contributed by atoms with Gasteiger partial charge in [-0.15, -0.1) is 0 Å². The molecule has 1 aromatic heterocycles. The second-order valence-corrected chi connectivity index (χ2v) is 5.51. The van der Waals surface area contributed by atoms with Crippen LogP contribution in [0.2, 0.25) is 0 Å². The van der Waals surface area contributed by atoms with E-state index in [1.165, 1.54) is 4.90 Å². The molecule has 0 spiro atoms. The molecule has 122 valence electrons. The van der Waals surface area contributed by atoms with Gasteiger partial charge in [-0.1, -0.05) is 48.5 Å². The minimum atomic E-state index is -0.488. The van der Waals surface area contributed by atoms with Crippen LogP contribution in [0.15, 0.2) is 70.0 Å². The van der Waals surface area contributed by atoms with E-state index in [1.807, 2.05) is 60.7 Å². The molecule has 0 bridgehead atoms. The number of amides is 1. The van der Waals surface area contributed by atoms with Gasteiger partial charge >= 0.3 is 11.3 Å². The molecule has 6 heteroatoms. The van der Waals surface area contributed by atoms with E-state index in [2.05, 4.69) is 5.27 Å². The van der Waals surface area contributed by atoms with Gasteiger partial charge in [0, 0.05) is 19.2 Å². The molecule has 0 saturated carbocycles. The summed E-state index contributed by atoms with van der Waals surface area (Å²) in [4.78, 5) is 25.9. The van der Waals surface area contributed by atoms with Crippen LogP contribution in [0, 0.1) is 0 Å². The number of aromatic amines is 1. The number of carbonyl (C=O) groups is 1. The van der Waals surface area contributed by atoms with Crippen molar-refractivity contribution in [1.29, 1.82) is 0 Å². The summed E-state index contributed by atoms with van der Waals surface area (Å²) in [6, 6.07) is 18.8. The van der Waals surface area contributed by atoms with Gasteiger partial charge in [0.2, 0.25) is 11.6 Å². The van der Waals surface area contributed by atoms with Crippen LogP contribution >= 0.6 is 0 Å². The molecular weight excluding hydrogens is 306 g/mol. The zero-order valence-corrected chi connectivity index (χ0v) is 13.3. The summed E-state index contributed by atoms with van der Waals surface area (Å²) < 4.78 is 6.44. The summed E-state index contributed by atoms with van der Waals surface area (Å²) in [7, 11) is 1.67. The normalized spacial score (nSPS) is 10.5. The molecule has 0 aliphatic heterocycles. The van der Waals surface area contributed by atoms with E-state index in [0.717, 1.165) is 11.3 Å². The van der Waals surface area contributed by atoms with Crippen LogP contribution < -0.4 is 10.3 Å². The number of hydrogen-bond donors (Lipinski definition) is 1. The first-order valence-corrected chi connectivity index (χ1v) is 7.61. The Hall–Kier alpha value is -3.15. The van der Waals surface area contributed by atoms with Crippen molar-refractivity contribution in [3.63, 3.8) is 0 Å². The molecule has 3 aromatic rings. The summed E-state index contributed by atoms with van der Waals surface area (Å²) in [6.07, 6.45) is 0.290. The SMILES string of the molecule is CN(Cc1c(=O)o[nH][n+]1-c1ccccc1)C(=O)Cc1ccccc1. The topological polar surface area (TPSA) is 70.2 Å². The maximum absolute atomic E-state index is 12.4. The smallest absolute Gasteiger partial charge is 0.335 e. The number of rotatable bonds is 5. The van der Waals surface area contributed by atoms with Gasteiger partial charge in [0.15, 0.2) is 0 Å². The Kier molecular flexibility index (Phi) is 4.56. The number of aromatic nitrogens is 2. The van der Waals surface area contributed by atoms with Gasteiger partial charge in [0.25, 0.3) is 0 Å². The first-order chi connectivity index (χ1) is 11.6. The van der Waals surface area contributed by atoms with Crippen LogP contribution in [0.4, 0.5) is 0 Å². The van der Waals surface area contributed by atoms with Crippen LogP contribution in [0.25, 0.3) is 5.69 Å². The highest BCUT2D eigenvalue weighted by Gasteiger charge is 2.26. The Balaban J connectivity index is 1.77. The summed E-state index contributed by atoms with van der Waals surface area (Å²) in [5.74, 6) is -0.0681. The molecule has 0 atom stereocenters. The van der Waals surface area contributed by atoms with Crippen molar-refractivity contribution in [2.45, 2.75) is 13.0 Å². The number of carbonyl (C=O) groups excluding carboxylic acids is 1. The molecule has 6 nitrogen and oxygen atoms in total. The molecule has 0 fully saturated rings. The summed E-state index contributed by atoms with van der Waals surface area (Å²) in [5.41, 5.74) is 1.58. The van der Waals surface area contributed by atoms with Crippen LogP contribution in [0.1, 0.15) is 11.3 Å². The molecule has 3 rings (SSSR count). The molecular formula is C18H18N3O3+. The number of nitrogens with one attached hydrogen (secondary N) is 1. The van der Waals surface area contributed by atoms with Crippen molar-refractivity contribution in [2.75, 3.05) is 7.05 Å². The lowest BCUT2D eigenvalue weighted by atomic mass is 10.1. The van der Waals surface area contributed by atoms with Crippen LogP contribution in [-0.4, -0.2) is 23.1 Å². The summed E-state index contributed by atoms with van der Waals surface area (Å²) >= 11 is 0. The minimum absolute atomic E-state index is 0.0681. The standard InChI is InChI=1S/C18H17N3O3/c1-20(17(22)12-14-8-4-2-5-9-14)13-16-18(23)24-19-21(16)15-10-6-3-7-11-15/h2-11H,12-13H2,1H3/p+1. The average molecular weight is 324 g/mol. The summed E-state index contributed by atoms with van der Waals surface area (Å²) in [6.45, 7) is 0.159. The van der Waals surface area contributed by atoms with Crippen molar-refractivity contribution in [2.24, 2.45) is 0 Å². The fraction of sp³-hybridized carbons (Fsp3) is 0.167. The first-order valence-electron chi connectivity index (χ1n) is 7.61. The van der Waals surface area contributed by atoms with E-state index in [9.17, 15) is 9.59 Å². The quantitative estimate of drug-likeness (QED) is 0.722. The predicted octanol–water partition coefficient (Wildman–Crippen LogP) is 1.45. The van der Waals surface area contributed by atoms with Gasteiger partial charge in [0.05, 0.1) is 6.42 Å². The fourth-order valence-electron chi connectivity index (χ4n) is 2.43. The Labute approximate surface area is 138 Å². The zero-order chi connectivity index (χ0) is 16.9. The van der Waals surface area contributed by atoms with Crippen molar-refractivity contribution in [3.8, 4) is 5.69 Å². The molecule has 0 saturated heterocycles. The Morgan fingerprint density at radius 2 is 1.71 bits per heavy atom. The first kappa shape index (κ1) is 15.7. The zero-order valence-electron chi connectivity index (χ0n) is 13.3. The van der Waals surface area contributed by atoms with E-state index in [1.54, 1.807) is 11.7 Å². The minimum Gasteiger partial charge on any atom is -0.335 e. The monoisotopic (exact) mass is 324 g/mol. The number of nitrogens with zero attached hydrogens (tertiary/aromatic N) is 2. The molecule has 0 aliphatic carbocycles. The van der Waals surface area contributed by atoms with E-state index in [0.29, 0.717) is 12.1 Å². The Morgan fingerprint density at radius 3 is 2.38 bits per heavy atom. The number of para-hydroxylation sites is 1. The molecule has 24 heavy (non-hydrogen) atoms. The van der Waals surface area contributed by atoms with Crippen molar-refractivity contribution in [3.05, 3.63) is 82.3 Å². The third kappa shape index (κ3) is 3.43. The largest absolute Gasteiger partial charge is 0.432 e. The molecule has 0 unspecified atom stereocenters. The van der Waals surface area contributed by atoms with Gasteiger partial charge in [-0.25, -0.2) is 4.79 Å². The lowest BCUT2D eigenvalue weighted by Crippen LogP contribution is -2.42. The molecule has 2 aromatic carbocycles. The third-order valence-corrected chi connectivity index (χ3v) is 3.76. The highest BCUT2D eigenvalue weighted by molar-refractivity contribution is 5.78. The van der Waals surface area contributed by atoms with E-state index < -0.39 is 5.63 Å². The lowest BCUT2D eigenvalue weighted by molar-refractivity contribution is -0.678. The van der Waals surface area contributed by atoms with Crippen molar-refractivity contribution in [1.82, 2.24) is 10.2 Å².